The standard InChI is InChI=1S/C27H39FO2/c1-3-5-6-8-20-9-11-21(12-10-20)22-13-15-23(16-14-22)27(29)30-26-18-17-25(28)19-24(26)7-4-2/h4,17-23H,2-3,5-16H2,1H3/t20-,21-,22?,23?. The minimum atomic E-state index is -0.313. The van der Waals surface area contributed by atoms with Gasteiger partial charge in [-0.05, 0) is 80.9 Å². The zero-order chi connectivity index (χ0) is 21.3. The van der Waals surface area contributed by atoms with Gasteiger partial charge in [-0.15, -0.1) is 6.58 Å². The van der Waals surface area contributed by atoms with Crippen molar-refractivity contribution in [1.29, 1.82) is 0 Å². The van der Waals surface area contributed by atoms with Crippen LogP contribution in [0.3, 0.4) is 0 Å². The molecule has 0 bridgehead atoms. The Morgan fingerprint density at radius 2 is 1.73 bits per heavy atom. The van der Waals surface area contributed by atoms with Crippen LogP contribution in [0.25, 0.3) is 0 Å². The Kier molecular flexibility index (Phi) is 8.96. The van der Waals surface area contributed by atoms with Crippen molar-refractivity contribution < 1.29 is 13.9 Å². The number of benzene rings is 1. The van der Waals surface area contributed by atoms with E-state index in [1.54, 1.807) is 12.1 Å². The second-order valence-corrected chi connectivity index (χ2v) is 9.55. The smallest absolute Gasteiger partial charge is 0.314 e. The zero-order valence-corrected chi connectivity index (χ0v) is 18.7. The van der Waals surface area contributed by atoms with Crippen LogP contribution in [0.5, 0.6) is 5.75 Å². The van der Waals surface area contributed by atoms with Gasteiger partial charge in [-0.2, -0.15) is 0 Å². The molecule has 2 aliphatic rings. The Morgan fingerprint density at radius 3 is 2.37 bits per heavy atom. The largest absolute Gasteiger partial charge is 0.426 e. The fourth-order valence-corrected chi connectivity index (χ4v) is 5.61. The van der Waals surface area contributed by atoms with E-state index in [-0.39, 0.29) is 17.7 Å². The van der Waals surface area contributed by atoms with Crippen LogP contribution in [0, 0.1) is 29.5 Å². The number of carbonyl (C=O) groups excluding carboxylic acids is 1. The van der Waals surface area contributed by atoms with Crippen molar-refractivity contribution in [3.63, 3.8) is 0 Å². The average Bonchev–Trinajstić information content (AvgIpc) is 2.76. The number of ether oxygens (including phenoxy) is 1. The van der Waals surface area contributed by atoms with Crippen LogP contribution < -0.4 is 4.74 Å². The first-order valence-electron chi connectivity index (χ1n) is 12.2. The Bertz CT molecular complexity index is 682. The molecule has 2 fully saturated rings. The van der Waals surface area contributed by atoms with Gasteiger partial charge < -0.3 is 4.74 Å². The number of unbranched alkanes of at least 4 members (excludes halogenated alkanes) is 2. The van der Waals surface area contributed by atoms with Crippen molar-refractivity contribution in [2.45, 2.75) is 90.4 Å². The molecule has 2 nitrogen and oxygen atoms in total. The van der Waals surface area contributed by atoms with E-state index in [2.05, 4.69) is 13.5 Å². The summed E-state index contributed by atoms with van der Waals surface area (Å²) < 4.78 is 19.2. The SMILES string of the molecule is C=CCc1cc(F)ccc1OC(=O)C1CCC([C@H]2CC[C@H](CCCCC)CC2)CC1. The summed E-state index contributed by atoms with van der Waals surface area (Å²) in [5.74, 6) is 2.60. The lowest BCUT2D eigenvalue weighted by Crippen LogP contribution is -2.30. The Balaban J connectivity index is 1.43. The lowest BCUT2D eigenvalue weighted by molar-refractivity contribution is -0.140. The molecule has 2 saturated carbocycles. The monoisotopic (exact) mass is 414 g/mol. The van der Waals surface area contributed by atoms with Crippen molar-refractivity contribution >= 4 is 5.97 Å². The molecular formula is C27H39FO2. The molecule has 30 heavy (non-hydrogen) atoms. The Labute approximate surface area is 182 Å². The highest BCUT2D eigenvalue weighted by Gasteiger charge is 2.33. The molecule has 1 aromatic carbocycles. The van der Waals surface area contributed by atoms with E-state index in [0.29, 0.717) is 17.7 Å². The third-order valence-electron chi connectivity index (χ3n) is 7.48. The van der Waals surface area contributed by atoms with Crippen molar-refractivity contribution in [3.05, 3.63) is 42.2 Å². The first kappa shape index (κ1) is 23.0. The summed E-state index contributed by atoms with van der Waals surface area (Å²) in [5.41, 5.74) is 0.683. The van der Waals surface area contributed by atoms with Crippen molar-refractivity contribution in [3.8, 4) is 5.75 Å². The van der Waals surface area contributed by atoms with Gasteiger partial charge in [0.25, 0.3) is 0 Å². The fourth-order valence-electron chi connectivity index (χ4n) is 5.61. The number of hydrogen-bond donors (Lipinski definition) is 0. The van der Waals surface area contributed by atoms with Crippen LogP contribution in [0.1, 0.15) is 89.5 Å². The Morgan fingerprint density at radius 1 is 1.07 bits per heavy atom. The molecule has 0 unspecified atom stereocenters. The molecule has 0 saturated heterocycles. The molecule has 0 spiro atoms. The summed E-state index contributed by atoms with van der Waals surface area (Å²) in [4.78, 5) is 12.7. The molecule has 0 aliphatic heterocycles. The van der Waals surface area contributed by atoms with Crippen LogP contribution in [-0.2, 0) is 11.2 Å². The minimum absolute atomic E-state index is 0.0201. The van der Waals surface area contributed by atoms with Crippen LogP contribution in [-0.4, -0.2) is 5.97 Å². The molecule has 1 aromatic rings. The van der Waals surface area contributed by atoms with Gasteiger partial charge in [0.1, 0.15) is 11.6 Å². The average molecular weight is 415 g/mol. The first-order chi connectivity index (χ1) is 14.6. The van der Waals surface area contributed by atoms with Gasteiger partial charge in [0, 0.05) is 5.56 Å². The molecule has 0 atom stereocenters. The third kappa shape index (κ3) is 6.43. The second kappa shape index (κ2) is 11.7. The number of halogens is 1. The summed E-state index contributed by atoms with van der Waals surface area (Å²) in [5, 5.41) is 0. The summed E-state index contributed by atoms with van der Waals surface area (Å²) in [6.07, 6.45) is 17.5. The maximum Gasteiger partial charge on any atom is 0.314 e. The van der Waals surface area contributed by atoms with E-state index in [9.17, 15) is 9.18 Å². The molecule has 0 radical (unpaired) electrons. The van der Waals surface area contributed by atoms with Gasteiger partial charge in [0.05, 0.1) is 5.92 Å². The van der Waals surface area contributed by atoms with E-state index in [0.717, 1.165) is 43.4 Å². The van der Waals surface area contributed by atoms with Crippen LogP contribution in [0.15, 0.2) is 30.9 Å². The highest BCUT2D eigenvalue weighted by atomic mass is 19.1. The van der Waals surface area contributed by atoms with Crippen molar-refractivity contribution in [2.24, 2.45) is 23.7 Å². The van der Waals surface area contributed by atoms with Gasteiger partial charge in [0.2, 0.25) is 0 Å². The topological polar surface area (TPSA) is 26.3 Å². The number of rotatable bonds is 9. The highest BCUT2D eigenvalue weighted by Crippen LogP contribution is 2.42. The van der Waals surface area contributed by atoms with E-state index >= 15 is 0 Å². The first-order valence-corrected chi connectivity index (χ1v) is 12.2. The van der Waals surface area contributed by atoms with E-state index in [4.69, 9.17) is 4.74 Å². The second-order valence-electron chi connectivity index (χ2n) is 9.55. The molecule has 0 N–H and O–H groups in total. The van der Waals surface area contributed by atoms with E-state index in [1.807, 2.05) is 0 Å². The highest BCUT2D eigenvalue weighted by molar-refractivity contribution is 5.75. The molecule has 0 heterocycles. The van der Waals surface area contributed by atoms with Gasteiger partial charge >= 0.3 is 5.97 Å². The molecule has 2 aliphatic carbocycles. The summed E-state index contributed by atoms with van der Waals surface area (Å²) in [6, 6.07) is 4.35. The van der Waals surface area contributed by atoms with Crippen molar-refractivity contribution in [1.82, 2.24) is 0 Å². The summed E-state index contributed by atoms with van der Waals surface area (Å²) in [7, 11) is 0. The van der Waals surface area contributed by atoms with Gasteiger partial charge in [-0.3, -0.25) is 4.79 Å². The molecule has 3 rings (SSSR count). The zero-order valence-electron chi connectivity index (χ0n) is 18.7. The molecule has 0 aromatic heterocycles. The number of allylic oxidation sites excluding steroid dienone is 1. The predicted octanol–water partition coefficient (Wildman–Crippen LogP) is 7.65. The number of esters is 1. The minimum Gasteiger partial charge on any atom is -0.426 e. The predicted molar refractivity (Wildman–Crippen MR) is 121 cm³/mol. The van der Waals surface area contributed by atoms with Gasteiger partial charge in [0.15, 0.2) is 0 Å². The van der Waals surface area contributed by atoms with Crippen LogP contribution in [0.4, 0.5) is 4.39 Å². The van der Waals surface area contributed by atoms with Gasteiger partial charge in [-0.25, -0.2) is 4.39 Å². The van der Waals surface area contributed by atoms with Crippen molar-refractivity contribution in [2.75, 3.05) is 0 Å². The lowest BCUT2D eigenvalue weighted by atomic mass is 9.68. The lowest BCUT2D eigenvalue weighted by Gasteiger charge is -2.37. The normalized spacial score (nSPS) is 26.9. The quantitative estimate of drug-likeness (QED) is 0.179. The number of hydrogen-bond acceptors (Lipinski definition) is 2. The maximum atomic E-state index is 13.5. The van der Waals surface area contributed by atoms with Gasteiger partial charge in [-0.1, -0.05) is 51.5 Å². The summed E-state index contributed by atoms with van der Waals surface area (Å²) in [6.45, 7) is 5.99. The number of carbonyl (C=O) groups is 1. The molecule has 3 heteroatoms. The molecular weight excluding hydrogens is 375 g/mol. The van der Waals surface area contributed by atoms with Crippen LogP contribution >= 0.6 is 0 Å². The summed E-state index contributed by atoms with van der Waals surface area (Å²) >= 11 is 0. The third-order valence-corrected chi connectivity index (χ3v) is 7.48. The van der Waals surface area contributed by atoms with E-state index < -0.39 is 0 Å². The fraction of sp³-hybridized carbons (Fsp3) is 0.667. The van der Waals surface area contributed by atoms with Crippen LogP contribution in [0.2, 0.25) is 0 Å². The molecule has 166 valence electrons. The Hall–Kier alpha value is -1.64. The maximum absolute atomic E-state index is 13.5. The van der Waals surface area contributed by atoms with E-state index in [1.165, 1.54) is 63.5 Å². The molecule has 0 amide bonds.